The minimum Gasteiger partial charge on any atom is -0.399 e. The molecule has 0 aliphatic heterocycles. The molecule has 0 spiro atoms. The van der Waals surface area contributed by atoms with Crippen molar-refractivity contribution in [1.29, 1.82) is 0 Å². The lowest BCUT2D eigenvalue weighted by Crippen LogP contribution is -2.17. The summed E-state index contributed by atoms with van der Waals surface area (Å²) in [6, 6.07) is 7.22. The van der Waals surface area contributed by atoms with Crippen LogP contribution >= 0.6 is 11.6 Å². The number of halogens is 2. The van der Waals surface area contributed by atoms with E-state index in [0.717, 1.165) is 0 Å². The number of nitrogens with one attached hydrogen (secondary N) is 1. The van der Waals surface area contributed by atoms with E-state index in [1.54, 1.807) is 26.0 Å². The van der Waals surface area contributed by atoms with Crippen LogP contribution in [0.3, 0.4) is 0 Å². The summed E-state index contributed by atoms with van der Waals surface area (Å²) in [7, 11) is -3.93. The molecule has 0 heterocycles. The minimum atomic E-state index is -3.93. The molecule has 0 aromatic heterocycles. The van der Waals surface area contributed by atoms with Gasteiger partial charge in [-0.05, 0) is 49.2 Å². The molecule has 21 heavy (non-hydrogen) atoms. The van der Waals surface area contributed by atoms with Gasteiger partial charge in [0.15, 0.2) is 5.82 Å². The molecule has 0 aliphatic rings. The molecule has 0 saturated heterocycles. The lowest BCUT2D eigenvalue weighted by molar-refractivity contribution is 0.597. The zero-order valence-corrected chi connectivity index (χ0v) is 13.0. The predicted octanol–water partition coefficient (Wildman–Crippen LogP) is 3.48. The average Bonchev–Trinajstić information content (AvgIpc) is 2.33. The molecule has 0 radical (unpaired) electrons. The summed E-state index contributed by atoms with van der Waals surface area (Å²) in [5.74, 6) is -0.812. The van der Waals surface area contributed by atoms with Gasteiger partial charge in [-0.3, -0.25) is 4.72 Å². The van der Waals surface area contributed by atoms with Crippen molar-refractivity contribution in [3.63, 3.8) is 0 Å². The maximum absolute atomic E-state index is 13.8. The third-order valence-electron chi connectivity index (χ3n) is 2.95. The number of benzene rings is 2. The summed E-state index contributed by atoms with van der Waals surface area (Å²) in [5, 5.41) is -0.152. The van der Waals surface area contributed by atoms with Gasteiger partial charge in [-0.15, -0.1) is 0 Å². The second-order valence-corrected chi connectivity index (χ2v) is 6.72. The Morgan fingerprint density at radius 2 is 1.76 bits per heavy atom. The third kappa shape index (κ3) is 3.11. The lowest BCUT2D eigenvalue weighted by atomic mass is 10.1. The maximum Gasteiger partial charge on any atom is 0.262 e. The van der Waals surface area contributed by atoms with Crippen molar-refractivity contribution < 1.29 is 12.8 Å². The molecule has 0 fully saturated rings. The number of rotatable bonds is 3. The molecule has 2 aromatic carbocycles. The Balaban J connectivity index is 2.51. The zero-order chi connectivity index (χ0) is 15.8. The first kappa shape index (κ1) is 15.6. The fourth-order valence-electron chi connectivity index (χ4n) is 2.19. The Kier molecular flexibility index (Phi) is 4.11. The van der Waals surface area contributed by atoms with Crippen LogP contribution in [0.4, 0.5) is 15.8 Å². The molecule has 4 nitrogen and oxygen atoms in total. The van der Waals surface area contributed by atoms with Crippen molar-refractivity contribution in [2.45, 2.75) is 18.7 Å². The minimum absolute atomic E-state index is 0.0797. The molecule has 3 N–H and O–H groups in total. The smallest absolute Gasteiger partial charge is 0.262 e. The quantitative estimate of drug-likeness (QED) is 0.847. The number of hydrogen-bond acceptors (Lipinski definition) is 3. The van der Waals surface area contributed by atoms with Crippen LogP contribution in [-0.4, -0.2) is 8.42 Å². The Hall–Kier alpha value is -1.79. The largest absolute Gasteiger partial charge is 0.399 e. The Morgan fingerprint density at radius 3 is 2.33 bits per heavy atom. The van der Waals surface area contributed by atoms with Crippen LogP contribution in [-0.2, 0) is 10.0 Å². The molecule has 2 aromatic rings. The monoisotopic (exact) mass is 328 g/mol. The number of anilines is 2. The highest BCUT2D eigenvalue weighted by Gasteiger charge is 2.22. The number of nitrogen functional groups attached to an aromatic ring is 1. The topological polar surface area (TPSA) is 72.2 Å². The van der Waals surface area contributed by atoms with Gasteiger partial charge < -0.3 is 5.73 Å². The highest BCUT2D eigenvalue weighted by Crippen LogP contribution is 2.28. The predicted molar refractivity (Wildman–Crippen MR) is 82.5 cm³/mol. The number of sulfonamides is 1. The van der Waals surface area contributed by atoms with Crippen molar-refractivity contribution in [2.75, 3.05) is 10.5 Å². The van der Waals surface area contributed by atoms with Gasteiger partial charge in [-0.25, -0.2) is 12.8 Å². The van der Waals surface area contributed by atoms with Crippen molar-refractivity contribution in [3.8, 4) is 0 Å². The molecule has 0 amide bonds. The van der Waals surface area contributed by atoms with Gasteiger partial charge in [0.2, 0.25) is 0 Å². The van der Waals surface area contributed by atoms with Crippen molar-refractivity contribution in [1.82, 2.24) is 0 Å². The van der Waals surface area contributed by atoms with E-state index in [1.807, 2.05) is 0 Å². The number of nitrogens with two attached hydrogens (primary N) is 1. The first-order valence-corrected chi connectivity index (χ1v) is 7.92. The fraction of sp³-hybridized carbons (Fsp3) is 0.143. The van der Waals surface area contributed by atoms with Gasteiger partial charge in [0.05, 0.1) is 15.6 Å². The van der Waals surface area contributed by atoms with Gasteiger partial charge in [-0.1, -0.05) is 17.7 Å². The number of hydrogen-bond donors (Lipinski definition) is 2. The molecule has 2 rings (SSSR count). The van der Waals surface area contributed by atoms with Crippen molar-refractivity contribution >= 4 is 33.0 Å². The van der Waals surface area contributed by atoms with Crippen LogP contribution in [0.15, 0.2) is 35.2 Å². The third-order valence-corrected chi connectivity index (χ3v) is 4.91. The van der Waals surface area contributed by atoms with Gasteiger partial charge in [0.25, 0.3) is 10.0 Å². The van der Waals surface area contributed by atoms with Crippen LogP contribution in [0.1, 0.15) is 11.1 Å². The molecule has 0 atom stereocenters. The molecule has 112 valence electrons. The fourth-order valence-corrected chi connectivity index (χ4v) is 3.88. The van der Waals surface area contributed by atoms with E-state index < -0.39 is 15.8 Å². The van der Waals surface area contributed by atoms with Crippen molar-refractivity contribution in [3.05, 3.63) is 52.3 Å². The van der Waals surface area contributed by atoms with E-state index in [2.05, 4.69) is 4.72 Å². The van der Waals surface area contributed by atoms with Crippen LogP contribution < -0.4 is 10.5 Å². The Morgan fingerprint density at radius 1 is 1.19 bits per heavy atom. The molecular weight excluding hydrogens is 315 g/mol. The zero-order valence-electron chi connectivity index (χ0n) is 11.4. The summed E-state index contributed by atoms with van der Waals surface area (Å²) in [6.07, 6.45) is 0. The number of aryl methyl sites for hydroxylation is 2. The second kappa shape index (κ2) is 5.54. The normalized spacial score (nSPS) is 11.4. The molecule has 0 unspecified atom stereocenters. The first-order valence-electron chi connectivity index (χ1n) is 6.06. The summed E-state index contributed by atoms with van der Waals surface area (Å²) in [5.41, 5.74) is 6.93. The van der Waals surface area contributed by atoms with E-state index in [9.17, 15) is 12.8 Å². The summed E-state index contributed by atoms with van der Waals surface area (Å²) in [4.78, 5) is 0.0797. The van der Waals surface area contributed by atoms with Gasteiger partial charge in [0.1, 0.15) is 0 Å². The van der Waals surface area contributed by atoms with Crippen LogP contribution in [0.2, 0.25) is 5.02 Å². The van der Waals surface area contributed by atoms with E-state index >= 15 is 0 Å². The molecule has 0 bridgehead atoms. The van der Waals surface area contributed by atoms with E-state index in [0.29, 0.717) is 16.8 Å². The SMILES string of the molecule is Cc1cc(N)cc(C)c1S(=O)(=O)Nc1cccc(Cl)c1F. The molecule has 0 saturated carbocycles. The van der Waals surface area contributed by atoms with E-state index in [4.69, 9.17) is 17.3 Å². The lowest BCUT2D eigenvalue weighted by Gasteiger charge is -2.14. The Bertz CT molecular complexity index is 784. The average molecular weight is 329 g/mol. The van der Waals surface area contributed by atoms with Crippen LogP contribution in [0, 0.1) is 19.7 Å². The highest BCUT2D eigenvalue weighted by atomic mass is 35.5. The second-order valence-electron chi connectivity index (χ2n) is 4.69. The van der Waals surface area contributed by atoms with Gasteiger partial charge >= 0.3 is 0 Å². The standard InChI is InChI=1S/C14H14ClFN2O2S/c1-8-6-10(17)7-9(2)14(8)21(19,20)18-12-5-3-4-11(15)13(12)16/h3-7,18H,17H2,1-2H3. The Labute approximate surface area is 127 Å². The summed E-state index contributed by atoms with van der Waals surface area (Å²) < 4.78 is 41.0. The van der Waals surface area contributed by atoms with E-state index in [1.165, 1.54) is 18.2 Å². The van der Waals surface area contributed by atoms with Gasteiger partial charge in [0, 0.05) is 5.69 Å². The first-order chi connectivity index (χ1) is 9.72. The van der Waals surface area contributed by atoms with Crippen molar-refractivity contribution in [2.24, 2.45) is 0 Å². The summed E-state index contributed by atoms with van der Waals surface area (Å²) in [6.45, 7) is 3.26. The van der Waals surface area contributed by atoms with Crippen LogP contribution in [0.5, 0.6) is 0 Å². The van der Waals surface area contributed by atoms with Gasteiger partial charge in [-0.2, -0.15) is 0 Å². The molecule has 0 aliphatic carbocycles. The summed E-state index contributed by atoms with van der Waals surface area (Å²) >= 11 is 5.65. The molecular formula is C14H14ClFN2O2S. The maximum atomic E-state index is 13.8. The van der Waals surface area contributed by atoms with E-state index in [-0.39, 0.29) is 15.6 Å². The van der Waals surface area contributed by atoms with Crippen LogP contribution in [0.25, 0.3) is 0 Å². The highest BCUT2D eigenvalue weighted by molar-refractivity contribution is 7.92. The molecule has 7 heteroatoms.